The van der Waals surface area contributed by atoms with Crippen molar-refractivity contribution >= 4 is 5.91 Å². The molecule has 3 aromatic rings. The molecule has 1 heterocycles. The van der Waals surface area contributed by atoms with E-state index in [2.05, 4.69) is 22.4 Å². The van der Waals surface area contributed by atoms with Crippen molar-refractivity contribution in [3.8, 4) is 11.4 Å². The number of rotatable bonds is 8. The summed E-state index contributed by atoms with van der Waals surface area (Å²) in [6, 6.07) is 17.3. The Labute approximate surface area is 175 Å². The molecule has 0 bridgehead atoms. The quantitative estimate of drug-likeness (QED) is 0.619. The Morgan fingerprint density at radius 2 is 1.90 bits per heavy atom. The molecule has 0 aliphatic rings. The molecule has 2 aromatic carbocycles. The molecule has 156 valence electrons. The fourth-order valence-electron chi connectivity index (χ4n) is 3.30. The summed E-state index contributed by atoms with van der Waals surface area (Å²) in [7, 11) is 0. The molecule has 0 unspecified atom stereocenters. The maximum Gasteiger partial charge on any atom is 0.254 e. The van der Waals surface area contributed by atoms with Gasteiger partial charge >= 0.3 is 0 Å². The Kier molecular flexibility index (Phi) is 7.12. The number of benzene rings is 2. The molecule has 1 amide bonds. The van der Waals surface area contributed by atoms with Crippen LogP contribution < -0.4 is 10.9 Å². The summed E-state index contributed by atoms with van der Waals surface area (Å²) in [5.41, 5.74) is 1.95. The third kappa shape index (κ3) is 5.63. The van der Waals surface area contributed by atoms with Gasteiger partial charge in [-0.25, -0.2) is 9.37 Å². The first-order valence-electron chi connectivity index (χ1n) is 10.2. The van der Waals surface area contributed by atoms with Gasteiger partial charge in [0.25, 0.3) is 5.56 Å². The van der Waals surface area contributed by atoms with Crippen LogP contribution in [-0.2, 0) is 24.2 Å². The second kappa shape index (κ2) is 9.96. The summed E-state index contributed by atoms with van der Waals surface area (Å²) in [5, 5.41) is 2.94. The normalized spacial score (nSPS) is 11.8. The van der Waals surface area contributed by atoms with E-state index in [1.807, 2.05) is 32.0 Å². The molecule has 0 fully saturated rings. The lowest BCUT2D eigenvalue weighted by molar-refractivity contribution is -0.122. The summed E-state index contributed by atoms with van der Waals surface area (Å²) in [4.78, 5) is 29.8. The SMILES string of the molecule is CCc1cc(=O)n(CC(=O)N[C@@H](C)CCc2ccccc2)c(-c2cccc(F)c2)n1. The third-order valence-electron chi connectivity index (χ3n) is 4.92. The standard InChI is InChI=1S/C24H26FN3O2/c1-3-21-15-23(30)28(24(27-21)19-10-7-11-20(25)14-19)16-22(29)26-17(2)12-13-18-8-5-4-6-9-18/h4-11,14-15,17H,3,12-13,16H2,1-2H3,(H,26,29)/t17-/m0/s1. The molecule has 0 saturated heterocycles. The first-order valence-corrected chi connectivity index (χ1v) is 10.2. The highest BCUT2D eigenvalue weighted by molar-refractivity contribution is 5.76. The average Bonchev–Trinajstić information content (AvgIpc) is 2.74. The van der Waals surface area contributed by atoms with Crippen LogP contribution in [0.5, 0.6) is 0 Å². The zero-order valence-corrected chi connectivity index (χ0v) is 17.3. The Morgan fingerprint density at radius 1 is 1.13 bits per heavy atom. The molecule has 30 heavy (non-hydrogen) atoms. The lowest BCUT2D eigenvalue weighted by Crippen LogP contribution is -2.38. The van der Waals surface area contributed by atoms with Crippen LogP contribution in [0.25, 0.3) is 11.4 Å². The van der Waals surface area contributed by atoms with Crippen molar-refractivity contribution < 1.29 is 9.18 Å². The summed E-state index contributed by atoms with van der Waals surface area (Å²) in [6.45, 7) is 3.66. The van der Waals surface area contributed by atoms with Crippen LogP contribution in [0.2, 0.25) is 0 Å². The van der Waals surface area contributed by atoms with Crippen LogP contribution in [0.15, 0.2) is 65.5 Å². The molecule has 1 aromatic heterocycles. The second-order valence-corrected chi connectivity index (χ2v) is 7.35. The van der Waals surface area contributed by atoms with Gasteiger partial charge in [0, 0.05) is 23.4 Å². The number of aryl methyl sites for hydroxylation is 2. The summed E-state index contributed by atoms with van der Waals surface area (Å²) < 4.78 is 15.0. The Bertz CT molecular complexity index is 1060. The van der Waals surface area contributed by atoms with Gasteiger partial charge in [-0.05, 0) is 43.9 Å². The van der Waals surface area contributed by atoms with Crippen LogP contribution in [0, 0.1) is 5.82 Å². The van der Waals surface area contributed by atoms with E-state index in [9.17, 15) is 14.0 Å². The van der Waals surface area contributed by atoms with E-state index >= 15 is 0 Å². The van der Waals surface area contributed by atoms with Gasteiger partial charge in [0.1, 0.15) is 18.2 Å². The Morgan fingerprint density at radius 3 is 2.60 bits per heavy atom. The molecule has 0 spiro atoms. The predicted octanol–water partition coefficient (Wildman–Crippen LogP) is 3.75. The van der Waals surface area contributed by atoms with Gasteiger partial charge < -0.3 is 5.32 Å². The van der Waals surface area contributed by atoms with Gasteiger partial charge in [-0.1, -0.05) is 49.4 Å². The number of hydrogen-bond donors (Lipinski definition) is 1. The number of halogens is 1. The fraction of sp³-hybridized carbons (Fsp3) is 0.292. The summed E-state index contributed by atoms with van der Waals surface area (Å²) in [5.74, 6) is -0.401. The number of carbonyl (C=O) groups is 1. The maximum absolute atomic E-state index is 13.7. The molecule has 5 nitrogen and oxygen atoms in total. The van der Waals surface area contributed by atoms with E-state index < -0.39 is 5.82 Å². The van der Waals surface area contributed by atoms with Gasteiger partial charge in [0.2, 0.25) is 5.91 Å². The van der Waals surface area contributed by atoms with Crippen molar-refractivity contribution in [1.82, 2.24) is 14.9 Å². The third-order valence-corrected chi connectivity index (χ3v) is 4.92. The minimum atomic E-state index is -0.422. The minimum Gasteiger partial charge on any atom is -0.352 e. The van der Waals surface area contributed by atoms with Crippen LogP contribution in [0.3, 0.4) is 0 Å². The topological polar surface area (TPSA) is 64.0 Å². The molecule has 0 aliphatic carbocycles. The van der Waals surface area contributed by atoms with Crippen molar-refractivity contribution in [2.45, 2.75) is 45.7 Å². The largest absolute Gasteiger partial charge is 0.352 e. The molecule has 6 heteroatoms. The fourth-order valence-corrected chi connectivity index (χ4v) is 3.30. The maximum atomic E-state index is 13.7. The highest BCUT2D eigenvalue weighted by Crippen LogP contribution is 2.17. The molecule has 0 radical (unpaired) electrons. The highest BCUT2D eigenvalue weighted by Gasteiger charge is 2.15. The smallest absolute Gasteiger partial charge is 0.254 e. The Balaban J connectivity index is 1.75. The van der Waals surface area contributed by atoms with Gasteiger partial charge in [-0.15, -0.1) is 0 Å². The molecule has 1 atom stereocenters. The van der Waals surface area contributed by atoms with E-state index in [0.717, 1.165) is 12.8 Å². The summed E-state index contributed by atoms with van der Waals surface area (Å²) >= 11 is 0. The number of amides is 1. The van der Waals surface area contributed by atoms with E-state index in [4.69, 9.17) is 0 Å². The second-order valence-electron chi connectivity index (χ2n) is 7.35. The van der Waals surface area contributed by atoms with Crippen molar-refractivity contribution in [3.05, 3.63) is 88.1 Å². The number of nitrogens with one attached hydrogen (secondary N) is 1. The first kappa shape index (κ1) is 21.4. The molecular weight excluding hydrogens is 381 g/mol. The summed E-state index contributed by atoms with van der Waals surface area (Å²) in [6.07, 6.45) is 2.21. The number of aromatic nitrogens is 2. The Hall–Kier alpha value is -3.28. The molecule has 0 saturated carbocycles. The van der Waals surface area contributed by atoms with E-state index in [-0.39, 0.29) is 24.1 Å². The van der Waals surface area contributed by atoms with Gasteiger partial charge in [0.15, 0.2) is 0 Å². The zero-order valence-electron chi connectivity index (χ0n) is 17.3. The van der Waals surface area contributed by atoms with Crippen LogP contribution in [-0.4, -0.2) is 21.5 Å². The van der Waals surface area contributed by atoms with Crippen molar-refractivity contribution in [2.24, 2.45) is 0 Å². The molecule has 3 rings (SSSR count). The van der Waals surface area contributed by atoms with Crippen LogP contribution in [0.1, 0.15) is 31.5 Å². The van der Waals surface area contributed by atoms with Crippen molar-refractivity contribution in [3.63, 3.8) is 0 Å². The van der Waals surface area contributed by atoms with Crippen LogP contribution in [0.4, 0.5) is 4.39 Å². The number of hydrogen-bond acceptors (Lipinski definition) is 3. The first-order chi connectivity index (χ1) is 14.5. The van der Waals surface area contributed by atoms with Gasteiger partial charge in [-0.2, -0.15) is 0 Å². The van der Waals surface area contributed by atoms with Gasteiger partial charge in [0.05, 0.1) is 0 Å². The predicted molar refractivity (Wildman–Crippen MR) is 116 cm³/mol. The lowest BCUT2D eigenvalue weighted by atomic mass is 10.1. The zero-order chi connectivity index (χ0) is 21.5. The number of nitrogens with zero attached hydrogens (tertiary/aromatic N) is 2. The monoisotopic (exact) mass is 407 g/mol. The molecular formula is C24H26FN3O2. The van der Waals surface area contributed by atoms with Crippen molar-refractivity contribution in [2.75, 3.05) is 0 Å². The van der Waals surface area contributed by atoms with E-state index in [0.29, 0.717) is 23.5 Å². The van der Waals surface area contributed by atoms with E-state index in [1.165, 1.54) is 28.3 Å². The van der Waals surface area contributed by atoms with Gasteiger partial charge in [-0.3, -0.25) is 14.2 Å². The van der Waals surface area contributed by atoms with Crippen molar-refractivity contribution in [1.29, 1.82) is 0 Å². The lowest BCUT2D eigenvalue weighted by Gasteiger charge is -2.17. The van der Waals surface area contributed by atoms with Crippen LogP contribution >= 0.6 is 0 Å². The van der Waals surface area contributed by atoms with E-state index in [1.54, 1.807) is 12.1 Å². The highest BCUT2D eigenvalue weighted by atomic mass is 19.1. The average molecular weight is 407 g/mol. The molecule has 1 N–H and O–H groups in total. The molecule has 0 aliphatic heterocycles. The minimum absolute atomic E-state index is 0.0473. The number of carbonyl (C=O) groups excluding carboxylic acids is 1.